The number of nitrogens with zero attached hydrogens (tertiary/aromatic N) is 2. The van der Waals surface area contributed by atoms with Crippen LogP contribution in [-0.2, 0) is 10.0 Å². The Morgan fingerprint density at radius 3 is 2.29 bits per heavy atom. The first-order chi connectivity index (χ1) is 9.85. The van der Waals surface area contributed by atoms with E-state index in [9.17, 15) is 12.8 Å². The molecule has 0 aliphatic carbocycles. The molecule has 1 heterocycles. The van der Waals surface area contributed by atoms with Crippen molar-refractivity contribution in [2.24, 2.45) is 0 Å². The van der Waals surface area contributed by atoms with Crippen LogP contribution in [0.2, 0.25) is 0 Å². The number of nitrogens with one attached hydrogen (secondary N) is 1. The molecule has 0 radical (unpaired) electrons. The summed E-state index contributed by atoms with van der Waals surface area (Å²) >= 11 is 0. The van der Waals surface area contributed by atoms with E-state index in [2.05, 4.69) is 21.6 Å². The number of benzene rings is 1. The van der Waals surface area contributed by atoms with Crippen LogP contribution in [0.1, 0.15) is 11.6 Å². The van der Waals surface area contributed by atoms with Gasteiger partial charge in [0.1, 0.15) is 5.82 Å². The summed E-state index contributed by atoms with van der Waals surface area (Å²) in [7, 11) is -1.18. The molecule has 5 nitrogen and oxygen atoms in total. The zero-order valence-corrected chi connectivity index (χ0v) is 13.2. The summed E-state index contributed by atoms with van der Waals surface area (Å²) in [4.78, 5) is 4.48. The van der Waals surface area contributed by atoms with Crippen molar-refractivity contribution < 1.29 is 12.8 Å². The Hall–Kier alpha value is -1.02. The van der Waals surface area contributed by atoms with Crippen LogP contribution in [-0.4, -0.2) is 64.2 Å². The smallest absolute Gasteiger partial charge is 0.208 e. The second-order valence-corrected chi connectivity index (χ2v) is 7.36. The summed E-state index contributed by atoms with van der Waals surface area (Å²) < 4.78 is 38.4. The number of hydrogen-bond donors (Lipinski definition) is 1. The molecule has 21 heavy (non-hydrogen) atoms. The van der Waals surface area contributed by atoms with E-state index in [1.54, 1.807) is 12.1 Å². The highest BCUT2D eigenvalue weighted by Crippen LogP contribution is 2.22. The summed E-state index contributed by atoms with van der Waals surface area (Å²) in [6.45, 7) is 3.91. The number of sulfonamides is 1. The standard InChI is InChI=1S/C14H22FN3O2S/c1-17-7-9-18(10-8-17)14(11-16-21(2,19)20)12-3-5-13(15)6-4-12/h3-6,14,16H,7-11H2,1-2H3/t14-/m0/s1. The lowest BCUT2D eigenvalue weighted by Crippen LogP contribution is -2.48. The molecule has 1 aromatic rings. The summed E-state index contributed by atoms with van der Waals surface area (Å²) in [5.41, 5.74) is 0.928. The Morgan fingerprint density at radius 2 is 1.76 bits per heavy atom. The Morgan fingerprint density at radius 1 is 1.19 bits per heavy atom. The van der Waals surface area contributed by atoms with Crippen molar-refractivity contribution in [2.45, 2.75) is 6.04 Å². The maximum absolute atomic E-state index is 13.1. The highest BCUT2D eigenvalue weighted by atomic mass is 32.2. The van der Waals surface area contributed by atoms with Gasteiger partial charge in [-0.3, -0.25) is 4.90 Å². The van der Waals surface area contributed by atoms with Crippen molar-refractivity contribution in [1.82, 2.24) is 14.5 Å². The van der Waals surface area contributed by atoms with Crippen molar-refractivity contribution in [3.8, 4) is 0 Å². The quantitative estimate of drug-likeness (QED) is 0.867. The van der Waals surface area contributed by atoms with E-state index >= 15 is 0 Å². The molecular formula is C14H22FN3O2S. The van der Waals surface area contributed by atoms with Gasteiger partial charge in [-0.2, -0.15) is 0 Å². The lowest BCUT2D eigenvalue weighted by Gasteiger charge is -2.38. The number of piperazine rings is 1. The first-order valence-corrected chi connectivity index (χ1v) is 8.87. The number of rotatable bonds is 5. The zero-order valence-electron chi connectivity index (χ0n) is 12.4. The van der Waals surface area contributed by atoms with E-state index in [0.717, 1.165) is 38.0 Å². The zero-order chi connectivity index (χ0) is 15.5. The van der Waals surface area contributed by atoms with Crippen LogP contribution in [0.25, 0.3) is 0 Å². The molecular weight excluding hydrogens is 293 g/mol. The second-order valence-electron chi connectivity index (χ2n) is 5.53. The Bertz CT molecular complexity index is 554. The van der Waals surface area contributed by atoms with Gasteiger partial charge in [0.2, 0.25) is 10.0 Å². The van der Waals surface area contributed by atoms with E-state index in [4.69, 9.17) is 0 Å². The molecule has 0 amide bonds. The van der Waals surface area contributed by atoms with Gasteiger partial charge in [0.05, 0.1) is 6.26 Å². The minimum atomic E-state index is -3.25. The van der Waals surface area contributed by atoms with Crippen LogP contribution in [0.4, 0.5) is 4.39 Å². The highest BCUT2D eigenvalue weighted by Gasteiger charge is 2.24. The third-order valence-electron chi connectivity index (χ3n) is 3.77. The van der Waals surface area contributed by atoms with Gasteiger partial charge in [0.25, 0.3) is 0 Å². The molecule has 1 aliphatic rings. The highest BCUT2D eigenvalue weighted by molar-refractivity contribution is 7.88. The molecule has 1 fully saturated rings. The molecule has 1 atom stereocenters. The average Bonchev–Trinajstić information content (AvgIpc) is 2.41. The number of halogens is 1. The van der Waals surface area contributed by atoms with Gasteiger partial charge in [-0.1, -0.05) is 12.1 Å². The molecule has 0 saturated carbocycles. The largest absolute Gasteiger partial charge is 0.304 e. The molecule has 0 unspecified atom stereocenters. The second kappa shape index (κ2) is 6.83. The predicted octanol–water partition coefficient (Wildman–Crippen LogP) is 0.663. The fourth-order valence-corrected chi connectivity index (χ4v) is 2.97. The van der Waals surface area contributed by atoms with Crippen molar-refractivity contribution in [3.05, 3.63) is 35.6 Å². The van der Waals surface area contributed by atoms with Gasteiger partial charge in [0.15, 0.2) is 0 Å². The van der Waals surface area contributed by atoms with E-state index in [0.29, 0.717) is 6.54 Å². The van der Waals surface area contributed by atoms with E-state index in [-0.39, 0.29) is 11.9 Å². The molecule has 1 aromatic carbocycles. The van der Waals surface area contributed by atoms with Crippen molar-refractivity contribution in [1.29, 1.82) is 0 Å². The maximum Gasteiger partial charge on any atom is 0.208 e. The Labute approximate surface area is 125 Å². The van der Waals surface area contributed by atoms with Crippen molar-refractivity contribution >= 4 is 10.0 Å². The van der Waals surface area contributed by atoms with Gasteiger partial charge in [-0.15, -0.1) is 0 Å². The Kier molecular flexibility index (Phi) is 5.32. The van der Waals surface area contributed by atoms with Crippen LogP contribution in [0.3, 0.4) is 0 Å². The summed E-state index contributed by atoms with van der Waals surface area (Å²) in [6, 6.07) is 6.21. The third kappa shape index (κ3) is 5.03. The monoisotopic (exact) mass is 315 g/mol. The van der Waals surface area contributed by atoms with E-state index in [1.807, 2.05) is 0 Å². The number of likely N-dealkylation sites (N-methyl/N-ethyl adjacent to an activating group) is 1. The normalized spacial score (nSPS) is 19.6. The van der Waals surface area contributed by atoms with E-state index in [1.165, 1.54) is 12.1 Å². The van der Waals surface area contributed by atoms with Crippen LogP contribution in [0, 0.1) is 5.82 Å². The van der Waals surface area contributed by atoms with Crippen molar-refractivity contribution in [3.63, 3.8) is 0 Å². The SMILES string of the molecule is CN1CCN([C@@H](CNS(C)(=O)=O)c2ccc(F)cc2)CC1. The molecule has 0 bridgehead atoms. The van der Waals surface area contributed by atoms with Gasteiger partial charge in [0, 0.05) is 38.8 Å². The van der Waals surface area contributed by atoms with Crippen LogP contribution >= 0.6 is 0 Å². The minimum absolute atomic E-state index is 0.0750. The van der Waals surface area contributed by atoms with Crippen LogP contribution < -0.4 is 4.72 Å². The third-order valence-corrected chi connectivity index (χ3v) is 4.46. The summed E-state index contributed by atoms with van der Waals surface area (Å²) in [5.74, 6) is -0.285. The van der Waals surface area contributed by atoms with Gasteiger partial charge in [-0.25, -0.2) is 17.5 Å². The summed E-state index contributed by atoms with van der Waals surface area (Å²) in [6.07, 6.45) is 1.15. The Balaban J connectivity index is 2.15. The van der Waals surface area contributed by atoms with Gasteiger partial charge < -0.3 is 4.90 Å². The molecule has 1 aliphatic heterocycles. The minimum Gasteiger partial charge on any atom is -0.304 e. The molecule has 1 N–H and O–H groups in total. The van der Waals surface area contributed by atoms with Gasteiger partial charge in [-0.05, 0) is 24.7 Å². The molecule has 1 saturated heterocycles. The molecule has 118 valence electrons. The first kappa shape index (κ1) is 16.4. The average molecular weight is 315 g/mol. The fourth-order valence-electron chi connectivity index (χ4n) is 2.51. The van der Waals surface area contributed by atoms with Crippen LogP contribution in [0.15, 0.2) is 24.3 Å². The maximum atomic E-state index is 13.1. The van der Waals surface area contributed by atoms with Crippen molar-refractivity contribution in [2.75, 3.05) is 46.0 Å². The summed E-state index contributed by atoms with van der Waals surface area (Å²) in [5, 5.41) is 0. The molecule has 0 spiro atoms. The molecule has 7 heteroatoms. The predicted molar refractivity (Wildman–Crippen MR) is 81.1 cm³/mol. The van der Waals surface area contributed by atoms with Crippen LogP contribution in [0.5, 0.6) is 0 Å². The molecule has 2 rings (SSSR count). The number of hydrogen-bond acceptors (Lipinski definition) is 4. The molecule has 0 aromatic heterocycles. The fraction of sp³-hybridized carbons (Fsp3) is 0.571. The van der Waals surface area contributed by atoms with Gasteiger partial charge >= 0.3 is 0 Å². The topological polar surface area (TPSA) is 52.6 Å². The lowest BCUT2D eigenvalue weighted by molar-refractivity contribution is 0.113. The lowest BCUT2D eigenvalue weighted by atomic mass is 10.0. The van der Waals surface area contributed by atoms with E-state index < -0.39 is 10.0 Å². The first-order valence-electron chi connectivity index (χ1n) is 6.98.